The average molecular weight is 358 g/mol. The Hall–Kier alpha value is -0.410. The molecule has 9 heteroatoms. The number of nitrogens with zero attached hydrogens (tertiary/aromatic N) is 2. The minimum Gasteiger partial charge on any atom is -0.378 e. The van der Waals surface area contributed by atoms with Crippen LogP contribution in [-0.4, -0.2) is 74.7 Å². The Morgan fingerprint density at radius 2 is 1.82 bits per heavy atom. The van der Waals surface area contributed by atoms with E-state index in [0.717, 1.165) is 0 Å². The zero-order valence-corrected chi connectivity index (χ0v) is 15.0. The maximum atomic E-state index is 12.1. The fourth-order valence-corrected chi connectivity index (χ4v) is 3.43. The van der Waals surface area contributed by atoms with Crippen molar-refractivity contribution < 1.29 is 17.9 Å². The second-order valence-electron chi connectivity index (χ2n) is 5.41. The van der Waals surface area contributed by atoms with E-state index in [1.807, 2.05) is 13.8 Å². The molecule has 2 N–H and O–H groups in total. The van der Waals surface area contributed by atoms with Crippen LogP contribution in [0.3, 0.4) is 0 Å². The van der Waals surface area contributed by atoms with Gasteiger partial charge in [0.05, 0.1) is 18.5 Å². The Kier molecular flexibility index (Phi) is 10.2. The zero-order valence-electron chi connectivity index (χ0n) is 13.4. The van der Waals surface area contributed by atoms with Crippen molar-refractivity contribution in [1.82, 2.24) is 9.21 Å². The molecule has 1 saturated heterocycles. The molecule has 1 aliphatic rings. The normalized spacial score (nSPS) is 16.6. The lowest BCUT2D eigenvalue weighted by atomic mass is 10.2. The van der Waals surface area contributed by atoms with Gasteiger partial charge in [-0.1, -0.05) is 0 Å². The lowest BCUT2D eigenvalue weighted by Crippen LogP contribution is -2.51. The Balaban J connectivity index is 0.00000441. The molecule has 0 unspecified atom stereocenters. The number of carbonyl (C=O) groups is 1. The van der Waals surface area contributed by atoms with Crippen LogP contribution in [0.1, 0.15) is 26.7 Å². The van der Waals surface area contributed by atoms with Crippen LogP contribution in [0.5, 0.6) is 0 Å². The molecule has 0 saturated carbocycles. The van der Waals surface area contributed by atoms with Gasteiger partial charge in [-0.05, 0) is 26.8 Å². The number of amides is 1. The van der Waals surface area contributed by atoms with Gasteiger partial charge in [0.1, 0.15) is 0 Å². The van der Waals surface area contributed by atoms with E-state index in [4.69, 9.17) is 10.5 Å². The van der Waals surface area contributed by atoms with E-state index in [0.29, 0.717) is 45.6 Å². The maximum absolute atomic E-state index is 12.1. The lowest BCUT2D eigenvalue weighted by Gasteiger charge is -2.34. The van der Waals surface area contributed by atoms with Crippen LogP contribution in [0, 0.1) is 0 Å². The second-order valence-corrected chi connectivity index (χ2v) is 7.50. The topological polar surface area (TPSA) is 92.9 Å². The van der Waals surface area contributed by atoms with Gasteiger partial charge in [0.15, 0.2) is 0 Å². The summed E-state index contributed by atoms with van der Waals surface area (Å²) in [7, 11) is -3.29. The van der Waals surface area contributed by atoms with Crippen LogP contribution >= 0.6 is 12.4 Å². The smallest absolute Gasteiger partial charge is 0.222 e. The molecule has 0 bridgehead atoms. The van der Waals surface area contributed by atoms with Crippen LogP contribution in [0.15, 0.2) is 0 Å². The van der Waals surface area contributed by atoms with Crippen molar-refractivity contribution in [2.45, 2.75) is 32.8 Å². The molecular formula is C13H28ClN3O4S. The Morgan fingerprint density at radius 3 is 2.32 bits per heavy atom. The van der Waals surface area contributed by atoms with Crippen molar-refractivity contribution in [1.29, 1.82) is 0 Å². The first-order chi connectivity index (χ1) is 9.86. The van der Waals surface area contributed by atoms with Crippen molar-refractivity contribution in [3.05, 3.63) is 0 Å². The first-order valence-corrected chi connectivity index (χ1v) is 9.05. The number of rotatable bonds is 8. The van der Waals surface area contributed by atoms with Gasteiger partial charge in [0.2, 0.25) is 15.9 Å². The summed E-state index contributed by atoms with van der Waals surface area (Å²) in [4.78, 5) is 13.6. The van der Waals surface area contributed by atoms with E-state index >= 15 is 0 Å². The van der Waals surface area contributed by atoms with E-state index in [1.165, 1.54) is 4.31 Å². The summed E-state index contributed by atoms with van der Waals surface area (Å²) in [5.74, 6) is 0.0485. The summed E-state index contributed by atoms with van der Waals surface area (Å²) in [5.41, 5.74) is 5.38. The number of piperazine rings is 1. The largest absolute Gasteiger partial charge is 0.378 e. The van der Waals surface area contributed by atoms with Crippen molar-refractivity contribution in [3.8, 4) is 0 Å². The number of hydrogen-bond donors (Lipinski definition) is 1. The minimum absolute atomic E-state index is 0. The number of halogens is 1. The summed E-state index contributed by atoms with van der Waals surface area (Å²) in [6.07, 6.45) is 1.13. The molecule has 22 heavy (non-hydrogen) atoms. The number of sulfonamides is 1. The third kappa shape index (κ3) is 7.23. The third-order valence-electron chi connectivity index (χ3n) is 3.37. The lowest BCUT2D eigenvalue weighted by molar-refractivity contribution is -0.132. The molecule has 132 valence electrons. The van der Waals surface area contributed by atoms with Gasteiger partial charge >= 0.3 is 0 Å². The molecule has 1 fully saturated rings. The fraction of sp³-hybridized carbons (Fsp3) is 0.923. The molecule has 0 aromatic heterocycles. The molecule has 0 atom stereocenters. The van der Waals surface area contributed by atoms with Crippen LogP contribution < -0.4 is 5.73 Å². The molecule has 0 radical (unpaired) electrons. The van der Waals surface area contributed by atoms with Gasteiger partial charge in [-0.3, -0.25) is 4.79 Å². The van der Waals surface area contributed by atoms with E-state index in [-0.39, 0.29) is 36.8 Å². The summed E-state index contributed by atoms with van der Waals surface area (Å²) < 4.78 is 31.0. The Bertz CT molecular complexity index is 423. The maximum Gasteiger partial charge on any atom is 0.222 e. The predicted molar refractivity (Wildman–Crippen MR) is 88.6 cm³/mol. The van der Waals surface area contributed by atoms with E-state index in [9.17, 15) is 13.2 Å². The molecular weight excluding hydrogens is 330 g/mol. The van der Waals surface area contributed by atoms with Gasteiger partial charge in [0.25, 0.3) is 0 Å². The molecule has 1 aliphatic heterocycles. The molecule has 1 amide bonds. The van der Waals surface area contributed by atoms with E-state index in [2.05, 4.69) is 0 Å². The van der Waals surface area contributed by atoms with Crippen LogP contribution in [-0.2, 0) is 19.6 Å². The molecule has 0 aromatic carbocycles. The number of nitrogens with two attached hydrogens (primary N) is 1. The van der Waals surface area contributed by atoms with Gasteiger partial charge in [-0.15, -0.1) is 12.4 Å². The highest BCUT2D eigenvalue weighted by molar-refractivity contribution is 7.89. The van der Waals surface area contributed by atoms with Gasteiger partial charge < -0.3 is 15.4 Å². The number of ether oxygens (including phenoxy) is 1. The predicted octanol–water partition coefficient (Wildman–Crippen LogP) is 0.0461. The minimum atomic E-state index is -3.29. The summed E-state index contributed by atoms with van der Waals surface area (Å²) >= 11 is 0. The fourth-order valence-electron chi connectivity index (χ4n) is 2.15. The average Bonchev–Trinajstić information content (AvgIpc) is 2.44. The highest BCUT2D eigenvalue weighted by Crippen LogP contribution is 2.10. The molecule has 0 aromatic rings. The van der Waals surface area contributed by atoms with Crippen molar-refractivity contribution in [2.75, 3.05) is 45.1 Å². The zero-order chi connectivity index (χ0) is 15.9. The highest BCUT2D eigenvalue weighted by Gasteiger charge is 2.28. The highest BCUT2D eigenvalue weighted by atomic mass is 35.5. The third-order valence-corrected chi connectivity index (χ3v) is 5.21. The molecule has 1 rings (SSSR count). The van der Waals surface area contributed by atoms with Crippen LogP contribution in [0.4, 0.5) is 0 Å². The van der Waals surface area contributed by atoms with E-state index < -0.39 is 10.0 Å². The Morgan fingerprint density at radius 1 is 1.23 bits per heavy atom. The van der Waals surface area contributed by atoms with Gasteiger partial charge in [0, 0.05) is 32.6 Å². The quantitative estimate of drug-likeness (QED) is 0.662. The van der Waals surface area contributed by atoms with E-state index in [1.54, 1.807) is 4.90 Å². The van der Waals surface area contributed by atoms with Gasteiger partial charge in [-0.25, -0.2) is 8.42 Å². The molecule has 1 heterocycles. The number of hydrogen-bond acceptors (Lipinski definition) is 5. The van der Waals surface area contributed by atoms with Crippen molar-refractivity contribution in [3.63, 3.8) is 0 Å². The molecule has 7 nitrogen and oxygen atoms in total. The van der Waals surface area contributed by atoms with Gasteiger partial charge in [-0.2, -0.15) is 4.31 Å². The molecule has 0 spiro atoms. The Labute approximate surface area is 139 Å². The first kappa shape index (κ1) is 21.6. The molecule has 0 aliphatic carbocycles. The summed E-state index contributed by atoms with van der Waals surface area (Å²) in [6.45, 7) is 6.07. The van der Waals surface area contributed by atoms with Crippen LogP contribution in [0.2, 0.25) is 0 Å². The number of carbonyl (C=O) groups excluding carboxylic acids is 1. The van der Waals surface area contributed by atoms with Crippen molar-refractivity contribution in [2.24, 2.45) is 5.73 Å². The summed E-state index contributed by atoms with van der Waals surface area (Å²) in [5, 5.41) is 0. The second kappa shape index (κ2) is 10.4. The monoisotopic (exact) mass is 357 g/mol. The standard InChI is InChI=1S/C13H27N3O4S.ClH/c1-12(2)20-10-11-21(18,19)16-8-6-15(7-9-16)13(17)4-3-5-14;/h12H,3-11,14H2,1-2H3;1H. The first-order valence-electron chi connectivity index (χ1n) is 7.44. The SMILES string of the molecule is CC(C)OCCS(=O)(=O)N1CCN(C(=O)CCCN)CC1.Cl. The van der Waals surface area contributed by atoms with Crippen molar-refractivity contribution >= 4 is 28.3 Å². The summed E-state index contributed by atoms with van der Waals surface area (Å²) in [6, 6.07) is 0. The van der Waals surface area contributed by atoms with Crippen LogP contribution in [0.25, 0.3) is 0 Å².